The fraction of sp³-hybridized carbons (Fsp3) is 0.750. The number of hydrogen-bond donors (Lipinski definition) is 2. The molecule has 0 heterocycles. The summed E-state index contributed by atoms with van der Waals surface area (Å²) in [4.78, 5) is 20.8. The van der Waals surface area contributed by atoms with E-state index in [-0.39, 0.29) is 19.4 Å². The summed E-state index contributed by atoms with van der Waals surface area (Å²) in [6, 6.07) is 0. The Kier molecular flexibility index (Phi) is 5.73. The second kappa shape index (κ2) is 6.26. The van der Waals surface area contributed by atoms with Crippen LogP contribution in [0.25, 0.3) is 0 Å². The molecule has 2 N–H and O–H groups in total. The van der Waals surface area contributed by atoms with Crippen LogP contribution < -0.4 is 5.32 Å². The number of hydrogen-bond acceptors (Lipinski definition) is 2. The van der Waals surface area contributed by atoms with E-state index >= 15 is 0 Å². The van der Waals surface area contributed by atoms with Crippen LogP contribution >= 0.6 is 0 Å². The van der Waals surface area contributed by atoms with Crippen LogP contribution in [-0.4, -0.2) is 29.7 Å². The van der Waals surface area contributed by atoms with E-state index in [0.717, 1.165) is 0 Å². The first-order valence-corrected chi connectivity index (χ1v) is 4.36. The maximum Gasteiger partial charge on any atom is 0.389 e. The van der Waals surface area contributed by atoms with Gasteiger partial charge in [-0.1, -0.05) is 0 Å². The summed E-state index contributed by atoms with van der Waals surface area (Å²) >= 11 is 0. The number of rotatable bonds is 6. The second-order valence-corrected chi connectivity index (χ2v) is 2.96. The zero-order valence-electron chi connectivity index (χ0n) is 7.93. The minimum absolute atomic E-state index is 0.0863. The summed E-state index contributed by atoms with van der Waals surface area (Å²) in [5.74, 6) is -1.71. The molecule has 0 unspecified atom stereocenters. The molecule has 0 atom stereocenters. The number of amides is 1. The minimum atomic E-state index is -4.33. The van der Waals surface area contributed by atoms with Crippen molar-refractivity contribution >= 4 is 11.9 Å². The summed E-state index contributed by atoms with van der Waals surface area (Å²) in [6.45, 7) is 0.0863. The third-order valence-corrected chi connectivity index (χ3v) is 1.53. The van der Waals surface area contributed by atoms with Gasteiger partial charge in [-0.25, -0.2) is 0 Å². The Hall–Kier alpha value is -1.27. The lowest BCUT2D eigenvalue weighted by Crippen LogP contribution is -2.26. The van der Waals surface area contributed by atoms with E-state index in [0.29, 0.717) is 0 Å². The van der Waals surface area contributed by atoms with E-state index in [1.807, 2.05) is 0 Å². The Balaban J connectivity index is 3.46. The van der Waals surface area contributed by atoms with Gasteiger partial charge in [0, 0.05) is 19.4 Å². The Morgan fingerprint density at radius 1 is 1.20 bits per heavy atom. The first kappa shape index (κ1) is 13.7. The molecule has 0 aliphatic rings. The molecule has 0 spiro atoms. The molecule has 7 heteroatoms. The van der Waals surface area contributed by atoms with Gasteiger partial charge in [-0.05, 0) is 6.42 Å². The lowest BCUT2D eigenvalue weighted by atomic mass is 10.2. The summed E-state index contributed by atoms with van der Waals surface area (Å²) < 4.78 is 35.0. The molecule has 15 heavy (non-hydrogen) atoms. The van der Waals surface area contributed by atoms with Gasteiger partial charge in [-0.3, -0.25) is 9.59 Å². The van der Waals surface area contributed by atoms with Gasteiger partial charge in [0.05, 0.1) is 6.42 Å². The topological polar surface area (TPSA) is 66.4 Å². The number of alkyl halides is 3. The van der Waals surface area contributed by atoms with Gasteiger partial charge in [0.25, 0.3) is 0 Å². The van der Waals surface area contributed by atoms with E-state index in [2.05, 4.69) is 5.32 Å². The van der Waals surface area contributed by atoms with E-state index in [9.17, 15) is 22.8 Å². The number of carboxylic acids is 1. The molecule has 0 aromatic carbocycles. The zero-order chi connectivity index (χ0) is 11.9. The molecule has 0 aliphatic heterocycles. The Morgan fingerprint density at radius 3 is 2.27 bits per heavy atom. The van der Waals surface area contributed by atoms with Crippen molar-refractivity contribution in [2.75, 3.05) is 6.54 Å². The molecular weight excluding hydrogens is 215 g/mol. The van der Waals surface area contributed by atoms with Crippen LogP contribution in [0.1, 0.15) is 25.7 Å². The average Bonchev–Trinajstić information content (AvgIpc) is 2.07. The van der Waals surface area contributed by atoms with Crippen molar-refractivity contribution in [3.63, 3.8) is 0 Å². The summed E-state index contributed by atoms with van der Waals surface area (Å²) in [5.41, 5.74) is 0. The average molecular weight is 227 g/mol. The van der Waals surface area contributed by atoms with E-state index in [1.165, 1.54) is 0 Å². The van der Waals surface area contributed by atoms with Crippen LogP contribution in [0.5, 0.6) is 0 Å². The zero-order valence-corrected chi connectivity index (χ0v) is 7.93. The van der Waals surface area contributed by atoms with Gasteiger partial charge in [-0.2, -0.15) is 13.2 Å². The van der Waals surface area contributed by atoms with Gasteiger partial charge >= 0.3 is 12.1 Å². The van der Waals surface area contributed by atoms with Crippen LogP contribution in [0, 0.1) is 0 Å². The molecule has 0 aliphatic carbocycles. The molecule has 0 radical (unpaired) electrons. The van der Waals surface area contributed by atoms with Crippen molar-refractivity contribution in [3.8, 4) is 0 Å². The van der Waals surface area contributed by atoms with Crippen LogP contribution in [0.4, 0.5) is 13.2 Å². The van der Waals surface area contributed by atoms with Crippen LogP contribution in [0.2, 0.25) is 0 Å². The first-order chi connectivity index (χ1) is 6.81. The smallest absolute Gasteiger partial charge is 0.389 e. The van der Waals surface area contributed by atoms with Crippen molar-refractivity contribution in [2.45, 2.75) is 31.9 Å². The van der Waals surface area contributed by atoms with Crippen molar-refractivity contribution in [2.24, 2.45) is 0 Å². The van der Waals surface area contributed by atoms with E-state index < -0.39 is 30.9 Å². The molecule has 0 fully saturated rings. The number of carboxylic acid groups (broad SMARTS) is 1. The monoisotopic (exact) mass is 227 g/mol. The normalized spacial score (nSPS) is 11.1. The molecule has 0 aromatic rings. The highest BCUT2D eigenvalue weighted by Gasteiger charge is 2.27. The van der Waals surface area contributed by atoms with Crippen molar-refractivity contribution in [1.82, 2.24) is 5.32 Å². The predicted octanol–water partition coefficient (Wildman–Crippen LogP) is 1.31. The Morgan fingerprint density at radius 2 is 1.80 bits per heavy atom. The first-order valence-electron chi connectivity index (χ1n) is 4.36. The third-order valence-electron chi connectivity index (χ3n) is 1.53. The number of aliphatic carboxylic acids is 1. The summed E-state index contributed by atoms with van der Waals surface area (Å²) in [6.07, 6.45) is -6.00. The molecule has 0 rings (SSSR count). The molecule has 1 amide bonds. The Bertz CT molecular complexity index is 228. The van der Waals surface area contributed by atoms with Crippen LogP contribution in [-0.2, 0) is 9.59 Å². The SMILES string of the molecule is O=C(O)CCCNC(=O)CCC(F)(F)F. The van der Waals surface area contributed by atoms with Crippen LogP contribution in [0.3, 0.4) is 0 Å². The lowest BCUT2D eigenvalue weighted by molar-refractivity contribution is -0.144. The van der Waals surface area contributed by atoms with E-state index in [1.54, 1.807) is 0 Å². The molecule has 0 saturated carbocycles. The molecule has 0 saturated heterocycles. The van der Waals surface area contributed by atoms with Gasteiger partial charge in [-0.15, -0.1) is 0 Å². The van der Waals surface area contributed by atoms with Crippen molar-refractivity contribution in [1.29, 1.82) is 0 Å². The Labute approximate surface area is 84.5 Å². The van der Waals surface area contributed by atoms with E-state index in [4.69, 9.17) is 5.11 Å². The number of nitrogens with one attached hydrogen (secondary N) is 1. The fourth-order valence-electron chi connectivity index (χ4n) is 0.811. The lowest BCUT2D eigenvalue weighted by Gasteiger charge is -2.06. The van der Waals surface area contributed by atoms with Gasteiger partial charge in [0.1, 0.15) is 0 Å². The molecule has 0 bridgehead atoms. The highest BCUT2D eigenvalue weighted by Crippen LogP contribution is 2.20. The summed E-state index contributed by atoms with van der Waals surface area (Å²) in [5, 5.41) is 10.4. The molecular formula is C8H12F3NO3. The minimum Gasteiger partial charge on any atom is -0.481 e. The third kappa shape index (κ3) is 10.7. The van der Waals surface area contributed by atoms with Gasteiger partial charge < -0.3 is 10.4 Å². The highest BCUT2D eigenvalue weighted by molar-refractivity contribution is 5.75. The van der Waals surface area contributed by atoms with Crippen LogP contribution in [0.15, 0.2) is 0 Å². The van der Waals surface area contributed by atoms with Gasteiger partial charge in [0.15, 0.2) is 0 Å². The molecule has 4 nitrogen and oxygen atoms in total. The standard InChI is InChI=1S/C8H12F3NO3/c9-8(10,11)4-3-6(13)12-5-1-2-7(14)15/h1-5H2,(H,12,13)(H,14,15). The fourth-order valence-corrected chi connectivity index (χ4v) is 0.811. The number of halogens is 3. The number of carbonyl (C=O) groups is 2. The second-order valence-electron chi connectivity index (χ2n) is 2.96. The van der Waals surface area contributed by atoms with Crippen molar-refractivity contribution < 1.29 is 27.9 Å². The molecule has 88 valence electrons. The molecule has 0 aromatic heterocycles. The predicted molar refractivity (Wildman–Crippen MR) is 45.2 cm³/mol. The largest absolute Gasteiger partial charge is 0.481 e. The van der Waals surface area contributed by atoms with Crippen molar-refractivity contribution in [3.05, 3.63) is 0 Å². The summed E-state index contributed by atoms with van der Waals surface area (Å²) in [7, 11) is 0. The number of carbonyl (C=O) groups excluding carboxylic acids is 1. The van der Waals surface area contributed by atoms with Gasteiger partial charge in [0.2, 0.25) is 5.91 Å². The highest BCUT2D eigenvalue weighted by atomic mass is 19.4. The maximum absolute atomic E-state index is 11.7. The maximum atomic E-state index is 11.7. The quantitative estimate of drug-likeness (QED) is 0.672.